The van der Waals surface area contributed by atoms with Crippen LogP contribution in [0.15, 0.2) is 24.3 Å². The molecule has 1 aliphatic heterocycles. The predicted octanol–water partition coefficient (Wildman–Crippen LogP) is 0.342. The van der Waals surface area contributed by atoms with E-state index in [0.29, 0.717) is 19.7 Å². The van der Waals surface area contributed by atoms with Gasteiger partial charge in [0.05, 0.1) is 13.7 Å². The number of rotatable bonds is 5. The number of amides is 1. The summed E-state index contributed by atoms with van der Waals surface area (Å²) in [5.74, 6) is 0.790. The zero-order chi connectivity index (χ0) is 13.5. The summed E-state index contributed by atoms with van der Waals surface area (Å²) in [4.78, 5) is 11.8. The minimum absolute atomic E-state index is 0.0462. The average molecular weight is 264 g/mol. The highest BCUT2D eigenvalue weighted by Crippen LogP contribution is 2.12. The van der Waals surface area contributed by atoms with Crippen LogP contribution >= 0.6 is 0 Å². The monoisotopic (exact) mass is 264 g/mol. The number of hydrogen-bond donors (Lipinski definition) is 2. The van der Waals surface area contributed by atoms with Crippen molar-refractivity contribution in [3.05, 3.63) is 29.8 Å². The molecule has 1 fully saturated rings. The van der Waals surface area contributed by atoms with Gasteiger partial charge in [-0.15, -0.1) is 0 Å². The lowest BCUT2D eigenvalue weighted by Gasteiger charge is -2.22. The molecule has 1 saturated heterocycles. The molecule has 0 radical (unpaired) electrons. The molecule has 19 heavy (non-hydrogen) atoms. The summed E-state index contributed by atoms with van der Waals surface area (Å²) in [5.41, 5.74) is 1.14. The third-order valence-electron chi connectivity index (χ3n) is 3.07. The van der Waals surface area contributed by atoms with Crippen molar-refractivity contribution in [1.29, 1.82) is 0 Å². The fourth-order valence-corrected chi connectivity index (χ4v) is 2.01. The Bertz CT molecular complexity index is 417. The van der Waals surface area contributed by atoms with Gasteiger partial charge >= 0.3 is 0 Å². The van der Waals surface area contributed by atoms with Gasteiger partial charge in [-0.2, -0.15) is 0 Å². The molecule has 1 aromatic rings. The third-order valence-corrected chi connectivity index (χ3v) is 3.07. The van der Waals surface area contributed by atoms with E-state index < -0.39 is 0 Å². The second-order valence-electron chi connectivity index (χ2n) is 4.46. The van der Waals surface area contributed by atoms with Crippen molar-refractivity contribution < 1.29 is 14.3 Å². The second kappa shape index (κ2) is 7.11. The minimum Gasteiger partial charge on any atom is -0.497 e. The van der Waals surface area contributed by atoms with Crippen molar-refractivity contribution in [2.45, 2.75) is 12.5 Å². The number of benzene rings is 1. The highest BCUT2D eigenvalue weighted by Gasteiger charge is 2.20. The van der Waals surface area contributed by atoms with Crippen LogP contribution in [0.25, 0.3) is 0 Å². The van der Waals surface area contributed by atoms with Crippen LogP contribution in [0.1, 0.15) is 5.56 Å². The van der Waals surface area contributed by atoms with E-state index in [4.69, 9.17) is 9.47 Å². The molecule has 1 amide bonds. The van der Waals surface area contributed by atoms with E-state index in [9.17, 15) is 4.79 Å². The van der Waals surface area contributed by atoms with Crippen molar-refractivity contribution >= 4 is 5.91 Å². The van der Waals surface area contributed by atoms with Crippen molar-refractivity contribution in [3.63, 3.8) is 0 Å². The number of hydrogen-bond acceptors (Lipinski definition) is 4. The molecular weight excluding hydrogens is 244 g/mol. The predicted molar refractivity (Wildman–Crippen MR) is 72.3 cm³/mol. The lowest BCUT2D eigenvalue weighted by Crippen LogP contribution is -2.48. The molecule has 0 aliphatic carbocycles. The van der Waals surface area contributed by atoms with E-state index in [0.717, 1.165) is 24.3 Å². The van der Waals surface area contributed by atoms with Crippen LogP contribution in [0, 0.1) is 0 Å². The van der Waals surface area contributed by atoms with Crippen LogP contribution in [0.4, 0.5) is 0 Å². The molecule has 0 saturated carbocycles. The first-order valence-electron chi connectivity index (χ1n) is 6.52. The molecule has 5 nitrogen and oxygen atoms in total. The average Bonchev–Trinajstić information content (AvgIpc) is 2.48. The molecule has 0 spiro atoms. The zero-order valence-corrected chi connectivity index (χ0v) is 11.1. The van der Waals surface area contributed by atoms with Crippen LogP contribution in [0.3, 0.4) is 0 Å². The maximum Gasteiger partial charge on any atom is 0.250 e. The van der Waals surface area contributed by atoms with Crippen LogP contribution < -0.4 is 15.4 Å². The minimum atomic E-state index is -0.362. The third kappa shape index (κ3) is 4.22. The van der Waals surface area contributed by atoms with Crippen molar-refractivity contribution in [2.75, 3.05) is 33.4 Å². The Morgan fingerprint density at radius 3 is 3.21 bits per heavy atom. The molecule has 1 aromatic carbocycles. The largest absolute Gasteiger partial charge is 0.497 e. The van der Waals surface area contributed by atoms with Gasteiger partial charge in [-0.05, 0) is 24.1 Å². The highest BCUT2D eigenvalue weighted by molar-refractivity contribution is 5.81. The van der Waals surface area contributed by atoms with Gasteiger partial charge in [-0.1, -0.05) is 12.1 Å². The topological polar surface area (TPSA) is 59.6 Å². The number of nitrogens with one attached hydrogen (secondary N) is 2. The van der Waals surface area contributed by atoms with Gasteiger partial charge in [0.15, 0.2) is 0 Å². The SMILES string of the molecule is COc1cccc(CCNC(=O)C2CNCCO2)c1. The normalized spacial score (nSPS) is 18.9. The van der Waals surface area contributed by atoms with E-state index in [1.807, 2.05) is 24.3 Å². The molecule has 0 bridgehead atoms. The molecule has 0 aromatic heterocycles. The van der Waals surface area contributed by atoms with Gasteiger partial charge in [0.25, 0.3) is 0 Å². The zero-order valence-electron chi connectivity index (χ0n) is 11.1. The summed E-state index contributed by atoms with van der Waals surface area (Å²) >= 11 is 0. The lowest BCUT2D eigenvalue weighted by molar-refractivity contribution is -0.134. The first-order valence-corrected chi connectivity index (χ1v) is 6.52. The second-order valence-corrected chi connectivity index (χ2v) is 4.46. The first-order chi connectivity index (χ1) is 9.29. The van der Waals surface area contributed by atoms with Gasteiger partial charge in [0.1, 0.15) is 11.9 Å². The Kier molecular flexibility index (Phi) is 5.18. The van der Waals surface area contributed by atoms with Crippen LogP contribution in [-0.4, -0.2) is 45.4 Å². The summed E-state index contributed by atoms with van der Waals surface area (Å²) in [6, 6.07) is 7.85. The summed E-state index contributed by atoms with van der Waals surface area (Å²) in [6.07, 6.45) is 0.419. The van der Waals surface area contributed by atoms with Crippen molar-refractivity contribution in [2.24, 2.45) is 0 Å². The van der Waals surface area contributed by atoms with E-state index in [1.54, 1.807) is 7.11 Å². The standard InChI is InChI=1S/C14H20N2O3/c1-18-12-4-2-3-11(9-12)5-6-16-14(17)13-10-15-7-8-19-13/h2-4,9,13,15H,5-8,10H2,1H3,(H,16,17). The fraction of sp³-hybridized carbons (Fsp3) is 0.500. The van der Waals surface area contributed by atoms with E-state index in [-0.39, 0.29) is 12.0 Å². The molecule has 104 valence electrons. The number of ether oxygens (including phenoxy) is 2. The van der Waals surface area contributed by atoms with Crippen molar-refractivity contribution in [3.8, 4) is 5.75 Å². The molecule has 1 aliphatic rings. The van der Waals surface area contributed by atoms with Gasteiger partial charge in [-0.25, -0.2) is 0 Å². The molecule has 1 heterocycles. The van der Waals surface area contributed by atoms with Gasteiger partial charge in [-0.3, -0.25) is 4.79 Å². The van der Waals surface area contributed by atoms with Gasteiger partial charge in [0, 0.05) is 19.6 Å². The van der Waals surface area contributed by atoms with Gasteiger partial charge < -0.3 is 20.1 Å². The van der Waals surface area contributed by atoms with Crippen LogP contribution in [0.2, 0.25) is 0 Å². The van der Waals surface area contributed by atoms with E-state index in [2.05, 4.69) is 10.6 Å². The Morgan fingerprint density at radius 1 is 1.58 bits per heavy atom. The van der Waals surface area contributed by atoms with Gasteiger partial charge in [0.2, 0.25) is 5.91 Å². The first kappa shape index (κ1) is 13.8. The smallest absolute Gasteiger partial charge is 0.250 e. The molecular formula is C14H20N2O3. The Morgan fingerprint density at radius 2 is 2.47 bits per heavy atom. The maximum atomic E-state index is 11.8. The lowest BCUT2D eigenvalue weighted by atomic mass is 10.1. The number of morpholine rings is 1. The Labute approximate surface area is 113 Å². The summed E-state index contributed by atoms with van der Waals surface area (Å²) in [7, 11) is 1.65. The quantitative estimate of drug-likeness (QED) is 0.805. The highest BCUT2D eigenvalue weighted by atomic mass is 16.5. The maximum absolute atomic E-state index is 11.8. The van der Waals surface area contributed by atoms with Crippen LogP contribution in [-0.2, 0) is 16.0 Å². The Balaban J connectivity index is 1.74. The van der Waals surface area contributed by atoms with Crippen LogP contribution in [0.5, 0.6) is 5.75 Å². The van der Waals surface area contributed by atoms with E-state index >= 15 is 0 Å². The van der Waals surface area contributed by atoms with E-state index in [1.165, 1.54) is 0 Å². The molecule has 1 atom stereocenters. The van der Waals surface area contributed by atoms with Crippen molar-refractivity contribution in [1.82, 2.24) is 10.6 Å². The number of carbonyl (C=O) groups excluding carboxylic acids is 1. The number of methoxy groups -OCH3 is 1. The summed E-state index contributed by atoms with van der Waals surface area (Å²) in [5, 5.41) is 6.03. The molecule has 2 rings (SSSR count). The number of carbonyl (C=O) groups is 1. The summed E-state index contributed by atoms with van der Waals surface area (Å²) in [6.45, 7) is 2.60. The molecule has 2 N–H and O–H groups in total. The molecule has 5 heteroatoms. The fourth-order valence-electron chi connectivity index (χ4n) is 2.01. The summed E-state index contributed by atoms with van der Waals surface area (Å²) < 4.78 is 10.5. The Hall–Kier alpha value is -1.59. The molecule has 1 unspecified atom stereocenters.